The average Bonchev–Trinajstić information content (AvgIpc) is 2.46. The van der Waals surface area contributed by atoms with Crippen LogP contribution in [-0.4, -0.2) is 38.3 Å². The molecule has 2 aliphatic heterocycles. The van der Waals surface area contributed by atoms with E-state index in [4.69, 9.17) is 9.47 Å². The maximum atomic E-state index is 5.59. The zero-order valence-electron chi connectivity index (χ0n) is 12.6. The molecule has 0 spiro atoms. The lowest BCUT2D eigenvalue weighted by atomic mass is 9.83. The van der Waals surface area contributed by atoms with E-state index in [1.54, 1.807) is 14.2 Å². The summed E-state index contributed by atoms with van der Waals surface area (Å²) in [6.45, 7) is 0. The molecule has 1 fully saturated rings. The van der Waals surface area contributed by atoms with Crippen molar-refractivity contribution < 1.29 is 9.47 Å². The van der Waals surface area contributed by atoms with Crippen LogP contribution in [0.15, 0.2) is 24.3 Å². The topological polar surface area (TPSA) is 21.7 Å². The molecule has 2 atom stereocenters. The zero-order chi connectivity index (χ0) is 14.1. The molecule has 1 saturated heterocycles. The Bertz CT molecular complexity index is 524. The predicted octanol–water partition coefficient (Wildman–Crippen LogP) is 3.34. The van der Waals surface area contributed by atoms with Crippen LogP contribution in [0.5, 0.6) is 11.5 Å². The quantitative estimate of drug-likeness (QED) is 0.843. The van der Waals surface area contributed by atoms with Crippen molar-refractivity contribution in [1.29, 1.82) is 0 Å². The van der Waals surface area contributed by atoms with E-state index in [2.05, 4.69) is 24.1 Å². The van der Waals surface area contributed by atoms with Crippen LogP contribution in [0.3, 0.4) is 0 Å². The Morgan fingerprint density at radius 3 is 2.70 bits per heavy atom. The van der Waals surface area contributed by atoms with E-state index in [1.165, 1.54) is 30.4 Å². The van der Waals surface area contributed by atoms with Crippen molar-refractivity contribution in [1.82, 2.24) is 4.90 Å². The SMILES string of the molecule is COc1cccc(C2=CC3CCCC(C2)N3C)c1OC. The normalized spacial score (nSPS) is 26.1. The summed E-state index contributed by atoms with van der Waals surface area (Å²) in [4.78, 5) is 2.53. The van der Waals surface area contributed by atoms with Gasteiger partial charge in [-0.05, 0) is 37.9 Å². The van der Waals surface area contributed by atoms with Crippen molar-refractivity contribution in [2.75, 3.05) is 21.3 Å². The van der Waals surface area contributed by atoms with Gasteiger partial charge >= 0.3 is 0 Å². The molecule has 1 aromatic carbocycles. The van der Waals surface area contributed by atoms with Crippen LogP contribution >= 0.6 is 0 Å². The molecule has 0 aliphatic carbocycles. The van der Waals surface area contributed by atoms with E-state index in [0.717, 1.165) is 17.9 Å². The average molecular weight is 273 g/mol. The van der Waals surface area contributed by atoms with E-state index in [9.17, 15) is 0 Å². The van der Waals surface area contributed by atoms with Crippen LogP contribution in [0.4, 0.5) is 0 Å². The molecular formula is C17H23NO2. The summed E-state index contributed by atoms with van der Waals surface area (Å²) in [6, 6.07) is 7.40. The number of fused-ring (bicyclic) bond motifs is 2. The van der Waals surface area contributed by atoms with Gasteiger partial charge in [0.25, 0.3) is 0 Å². The second-order valence-corrected chi connectivity index (χ2v) is 5.75. The Kier molecular flexibility index (Phi) is 3.70. The highest BCUT2D eigenvalue weighted by Crippen LogP contribution is 2.41. The van der Waals surface area contributed by atoms with Crippen LogP contribution in [-0.2, 0) is 0 Å². The number of ether oxygens (including phenoxy) is 2. The van der Waals surface area contributed by atoms with Crippen molar-refractivity contribution in [3.05, 3.63) is 29.8 Å². The lowest BCUT2D eigenvalue weighted by molar-refractivity contribution is 0.137. The molecule has 2 bridgehead atoms. The highest BCUT2D eigenvalue weighted by molar-refractivity contribution is 5.74. The van der Waals surface area contributed by atoms with Crippen LogP contribution in [0.25, 0.3) is 5.57 Å². The Morgan fingerprint density at radius 1 is 1.15 bits per heavy atom. The molecule has 1 aromatic rings. The molecule has 20 heavy (non-hydrogen) atoms. The fourth-order valence-electron chi connectivity index (χ4n) is 3.58. The molecule has 2 unspecified atom stereocenters. The molecule has 3 heteroatoms. The molecule has 108 valence electrons. The second-order valence-electron chi connectivity index (χ2n) is 5.75. The number of piperidine rings is 1. The Hall–Kier alpha value is -1.48. The van der Waals surface area contributed by atoms with Crippen molar-refractivity contribution in [3.63, 3.8) is 0 Å². The van der Waals surface area contributed by atoms with Crippen molar-refractivity contribution >= 4 is 5.57 Å². The van der Waals surface area contributed by atoms with E-state index in [-0.39, 0.29) is 0 Å². The number of hydrogen-bond donors (Lipinski definition) is 0. The van der Waals surface area contributed by atoms with E-state index < -0.39 is 0 Å². The van der Waals surface area contributed by atoms with Crippen molar-refractivity contribution in [3.8, 4) is 11.5 Å². The largest absolute Gasteiger partial charge is 0.493 e. The molecule has 0 amide bonds. The maximum Gasteiger partial charge on any atom is 0.168 e. The van der Waals surface area contributed by atoms with E-state index >= 15 is 0 Å². The monoisotopic (exact) mass is 273 g/mol. The third-order valence-corrected chi connectivity index (χ3v) is 4.73. The summed E-state index contributed by atoms with van der Waals surface area (Å²) in [5.74, 6) is 1.68. The first-order valence-electron chi connectivity index (χ1n) is 7.38. The number of benzene rings is 1. The smallest absolute Gasteiger partial charge is 0.168 e. The molecule has 3 rings (SSSR count). The van der Waals surface area contributed by atoms with E-state index in [0.29, 0.717) is 12.1 Å². The third-order valence-electron chi connectivity index (χ3n) is 4.73. The van der Waals surface area contributed by atoms with Crippen LogP contribution < -0.4 is 9.47 Å². The second kappa shape index (κ2) is 5.49. The Labute approximate surface area is 121 Å². The fourth-order valence-corrected chi connectivity index (χ4v) is 3.58. The standard InChI is InChI=1S/C17H23NO2/c1-18-13-6-4-7-14(18)11-12(10-13)15-8-5-9-16(19-2)17(15)20-3/h5,8-10,13-14H,4,6-7,11H2,1-3H3. The van der Waals surface area contributed by atoms with Gasteiger partial charge in [0.1, 0.15) is 0 Å². The Balaban J connectivity index is 2.01. The summed E-state index contributed by atoms with van der Waals surface area (Å²) in [5, 5.41) is 0. The summed E-state index contributed by atoms with van der Waals surface area (Å²) < 4.78 is 11.0. The first-order valence-corrected chi connectivity index (χ1v) is 7.38. The van der Waals surface area contributed by atoms with Crippen LogP contribution in [0.1, 0.15) is 31.2 Å². The minimum atomic E-state index is 0.577. The predicted molar refractivity (Wildman–Crippen MR) is 81.3 cm³/mol. The molecule has 0 radical (unpaired) electrons. The minimum Gasteiger partial charge on any atom is -0.493 e. The minimum absolute atomic E-state index is 0.577. The third kappa shape index (κ3) is 2.20. The lowest BCUT2D eigenvalue weighted by Crippen LogP contribution is -2.45. The number of nitrogens with zero attached hydrogens (tertiary/aromatic N) is 1. The molecule has 0 aromatic heterocycles. The van der Waals surface area contributed by atoms with Gasteiger partial charge in [-0.15, -0.1) is 0 Å². The molecule has 0 N–H and O–H groups in total. The first kappa shape index (κ1) is 13.5. The van der Waals surface area contributed by atoms with Crippen LogP contribution in [0, 0.1) is 0 Å². The summed E-state index contributed by atoms with van der Waals surface area (Å²) in [6.07, 6.45) is 7.45. The molecule has 0 saturated carbocycles. The van der Waals surface area contributed by atoms with Gasteiger partial charge in [0, 0.05) is 17.6 Å². The van der Waals surface area contributed by atoms with Gasteiger partial charge in [0.05, 0.1) is 14.2 Å². The van der Waals surface area contributed by atoms with Gasteiger partial charge in [0.2, 0.25) is 0 Å². The highest BCUT2D eigenvalue weighted by Gasteiger charge is 2.32. The number of para-hydroxylation sites is 1. The molecule has 2 heterocycles. The van der Waals surface area contributed by atoms with E-state index in [1.807, 2.05) is 12.1 Å². The molecular weight excluding hydrogens is 250 g/mol. The first-order chi connectivity index (χ1) is 9.74. The zero-order valence-corrected chi connectivity index (χ0v) is 12.6. The van der Waals surface area contributed by atoms with Gasteiger partial charge in [-0.2, -0.15) is 0 Å². The molecule has 2 aliphatic rings. The van der Waals surface area contributed by atoms with Gasteiger partial charge in [-0.25, -0.2) is 0 Å². The number of methoxy groups -OCH3 is 2. The summed E-state index contributed by atoms with van der Waals surface area (Å²) >= 11 is 0. The molecule has 3 nitrogen and oxygen atoms in total. The van der Waals surface area contributed by atoms with Gasteiger partial charge in [-0.1, -0.05) is 24.6 Å². The lowest BCUT2D eigenvalue weighted by Gasteiger charge is -2.43. The number of rotatable bonds is 3. The number of likely N-dealkylation sites (N-methyl/N-ethyl adjacent to an activating group) is 1. The van der Waals surface area contributed by atoms with Gasteiger partial charge in [-0.3, -0.25) is 4.90 Å². The van der Waals surface area contributed by atoms with Gasteiger partial charge in [0.15, 0.2) is 11.5 Å². The summed E-state index contributed by atoms with van der Waals surface area (Å²) in [5.41, 5.74) is 2.60. The Morgan fingerprint density at radius 2 is 2.00 bits per heavy atom. The van der Waals surface area contributed by atoms with Crippen molar-refractivity contribution in [2.45, 2.75) is 37.8 Å². The van der Waals surface area contributed by atoms with Gasteiger partial charge < -0.3 is 9.47 Å². The maximum absolute atomic E-state index is 5.59. The fraction of sp³-hybridized carbons (Fsp3) is 0.529. The summed E-state index contributed by atoms with van der Waals surface area (Å²) in [7, 11) is 5.67. The van der Waals surface area contributed by atoms with Crippen molar-refractivity contribution in [2.24, 2.45) is 0 Å². The number of hydrogen-bond acceptors (Lipinski definition) is 3. The highest BCUT2D eigenvalue weighted by atomic mass is 16.5. The van der Waals surface area contributed by atoms with Crippen LogP contribution in [0.2, 0.25) is 0 Å².